The molecule has 5 heteroatoms. The second kappa shape index (κ2) is 5.03. The molecule has 0 fully saturated rings. The number of hydrogen-bond acceptors (Lipinski definition) is 3. The maximum Gasteiger partial charge on any atom is 0.122 e. The van der Waals surface area contributed by atoms with Gasteiger partial charge in [0.05, 0.1) is 0 Å². The van der Waals surface area contributed by atoms with Gasteiger partial charge in [0.25, 0.3) is 0 Å². The monoisotopic (exact) mass is 294 g/mol. The van der Waals surface area contributed by atoms with Gasteiger partial charge in [0.15, 0.2) is 0 Å². The van der Waals surface area contributed by atoms with E-state index in [0.717, 1.165) is 31.7 Å². The van der Waals surface area contributed by atoms with Gasteiger partial charge in [-0.25, -0.2) is 0 Å². The summed E-state index contributed by atoms with van der Waals surface area (Å²) < 4.78 is 1.10. The van der Waals surface area contributed by atoms with E-state index in [2.05, 4.69) is 6.07 Å². The van der Waals surface area contributed by atoms with E-state index in [0.29, 0.717) is 0 Å². The third-order valence-electron chi connectivity index (χ3n) is 3.31. The minimum atomic E-state index is 0.0731. The van der Waals surface area contributed by atoms with E-state index >= 15 is 0 Å². The lowest BCUT2D eigenvalue weighted by molar-refractivity contribution is 1.43. The lowest BCUT2D eigenvalue weighted by atomic mass is 10.1. The first-order valence-corrected chi connectivity index (χ1v) is 7.19. The molecule has 0 aliphatic heterocycles. The number of thiophene rings is 1. The first-order chi connectivity index (χ1) is 10.0. The van der Waals surface area contributed by atoms with Crippen LogP contribution in [-0.2, 0) is 0 Å². The van der Waals surface area contributed by atoms with Crippen LogP contribution in [0.1, 0.15) is 11.1 Å². The summed E-state index contributed by atoms with van der Waals surface area (Å²) in [7, 11) is 0. The highest BCUT2D eigenvalue weighted by Crippen LogP contribution is 2.34. The summed E-state index contributed by atoms with van der Waals surface area (Å²) in [4.78, 5) is 1.14. The van der Waals surface area contributed by atoms with Crippen molar-refractivity contribution in [2.45, 2.75) is 0 Å². The summed E-state index contributed by atoms with van der Waals surface area (Å²) in [5.41, 5.74) is 13.5. The predicted octanol–water partition coefficient (Wildman–Crippen LogP) is 3.14. The van der Waals surface area contributed by atoms with Crippen molar-refractivity contribution >= 4 is 33.1 Å². The molecule has 6 N–H and O–H groups in total. The van der Waals surface area contributed by atoms with Crippen LogP contribution in [0.15, 0.2) is 48.5 Å². The van der Waals surface area contributed by atoms with Crippen LogP contribution in [0.4, 0.5) is 0 Å². The average Bonchev–Trinajstić information content (AvgIpc) is 2.90. The van der Waals surface area contributed by atoms with E-state index in [1.54, 1.807) is 11.3 Å². The first-order valence-electron chi connectivity index (χ1n) is 6.37. The molecule has 0 unspecified atom stereocenters. The highest BCUT2D eigenvalue weighted by Gasteiger charge is 2.07. The Bertz CT molecular complexity index is 846. The predicted molar refractivity (Wildman–Crippen MR) is 89.3 cm³/mol. The first kappa shape index (κ1) is 13.3. The Hall–Kier alpha value is -2.66. The van der Waals surface area contributed by atoms with E-state index < -0.39 is 0 Å². The van der Waals surface area contributed by atoms with Crippen LogP contribution in [0.25, 0.3) is 20.5 Å². The fourth-order valence-electron chi connectivity index (χ4n) is 2.16. The van der Waals surface area contributed by atoms with Gasteiger partial charge >= 0.3 is 0 Å². The summed E-state index contributed by atoms with van der Waals surface area (Å²) >= 11 is 1.66. The number of fused-ring (bicyclic) bond motifs is 1. The van der Waals surface area contributed by atoms with Crippen molar-refractivity contribution in [3.8, 4) is 10.4 Å². The molecule has 104 valence electrons. The number of rotatable bonds is 3. The number of hydrogen-bond donors (Lipinski definition) is 4. The zero-order valence-electron chi connectivity index (χ0n) is 11.2. The Morgan fingerprint density at radius 1 is 0.810 bits per heavy atom. The van der Waals surface area contributed by atoms with E-state index in [9.17, 15) is 0 Å². The van der Waals surface area contributed by atoms with Crippen LogP contribution < -0.4 is 11.5 Å². The molecule has 0 atom stereocenters. The SMILES string of the molecule is N=C(N)c1ccc(-c2cc3ccc(C(=N)N)cc3s2)cc1. The van der Waals surface area contributed by atoms with Gasteiger partial charge in [-0.2, -0.15) is 0 Å². The highest BCUT2D eigenvalue weighted by molar-refractivity contribution is 7.22. The molecular weight excluding hydrogens is 280 g/mol. The molecule has 2 aromatic carbocycles. The van der Waals surface area contributed by atoms with Crippen molar-refractivity contribution in [2.75, 3.05) is 0 Å². The molecule has 21 heavy (non-hydrogen) atoms. The Morgan fingerprint density at radius 3 is 2.05 bits per heavy atom. The summed E-state index contributed by atoms with van der Waals surface area (Å²) in [6.45, 7) is 0. The van der Waals surface area contributed by atoms with Crippen molar-refractivity contribution in [3.63, 3.8) is 0 Å². The van der Waals surface area contributed by atoms with Gasteiger partial charge in [0.2, 0.25) is 0 Å². The third kappa shape index (κ3) is 2.51. The van der Waals surface area contributed by atoms with Crippen molar-refractivity contribution < 1.29 is 0 Å². The summed E-state index contributed by atoms with van der Waals surface area (Å²) in [6, 6.07) is 15.5. The van der Waals surface area contributed by atoms with Crippen molar-refractivity contribution in [1.82, 2.24) is 0 Å². The smallest absolute Gasteiger partial charge is 0.122 e. The quantitative estimate of drug-likeness (QED) is 0.440. The molecule has 0 saturated heterocycles. The minimum Gasteiger partial charge on any atom is -0.384 e. The van der Waals surface area contributed by atoms with E-state index in [4.69, 9.17) is 22.3 Å². The Labute approximate surface area is 126 Å². The lowest BCUT2D eigenvalue weighted by Crippen LogP contribution is -2.10. The molecular formula is C16H14N4S. The lowest BCUT2D eigenvalue weighted by Gasteiger charge is -2.00. The topological polar surface area (TPSA) is 99.7 Å². The van der Waals surface area contributed by atoms with Crippen LogP contribution in [0.2, 0.25) is 0 Å². The summed E-state index contributed by atoms with van der Waals surface area (Å²) in [5.74, 6) is 0.154. The molecule has 1 aromatic heterocycles. The zero-order chi connectivity index (χ0) is 15.0. The van der Waals surface area contributed by atoms with E-state index in [-0.39, 0.29) is 11.7 Å². The molecule has 0 radical (unpaired) electrons. The number of nitrogens with two attached hydrogens (primary N) is 2. The van der Waals surface area contributed by atoms with Gasteiger partial charge in [-0.3, -0.25) is 10.8 Å². The minimum absolute atomic E-state index is 0.0731. The Kier molecular flexibility index (Phi) is 3.19. The van der Waals surface area contributed by atoms with Gasteiger partial charge in [-0.15, -0.1) is 11.3 Å². The highest BCUT2D eigenvalue weighted by atomic mass is 32.1. The number of nitrogen functional groups attached to an aromatic ring is 2. The van der Waals surface area contributed by atoms with E-state index in [1.165, 1.54) is 0 Å². The maximum absolute atomic E-state index is 7.50. The van der Waals surface area contributed by atoms with Gasteiger partial charge < -0.3 is 11.5 Å². The fraction of sp³-hybridized carbons (Fsp3) is 0. The van der Waals surface area contributed by atoms with Crippen LogP contribution in [0.3, 0.4) is 0 Å². The molecule has 0 amide bonds. The molecule has 1 heterocycles. The second-order valence-corrected chi connectivity index (χ2v) is 5.85. The number of amidine groups is 2. The second-order valence-electron chi connectivity index (χ2n) is 4.77. The Balaban J connectivity index is 2.04. The van der Waals surface area contributed by atoms with Crippen molar-refractivity contribution in [2.24, 2.45) is 11.5 Å². The molecule has 3 aromatic rings. The van der Waals surface area contributed by atoms with Gasteiger partial charge in [0, 0.05) is 20.7 Å². The van der Waals surface area contributed by atoms with Crippen molar-refractivity contribution in [1.29, 1.82) is 10.8 Å². The van der Waals surface area contributed by atoms with Gasteiger partial charge in [0.1, 0.15) is 11.7 Å². The largest absolute Gasteiger partial charge is 0.384 e. The molecule has 3 rings (SSSR count). The third-order valence-corrected chi connectivity index (χ3v) is 4.46. The number of nitrogens with one attached hydrogen (secondary N) is 2. The summed E-state index contributed by atoms with van der Waals surface area (Å²) in [6.07, 6.45) is 0. The normalized spacial score (nSPS) is 10.7. The molecule has 0 aliphatic carbocycles. The Morgan fingerprint density at radius 2 is 1.43 bits per heavy atom. The molecule has 0 aliphatic rings. The fourth-order valence-corrected chi connectivity index (χ4v) is 3.26. The van der Waals surface area contributed by atoms with Crippen LogP contribution >= 0.6 is 11.3 Å². The van der Waals surface area contributed by atoms with Crippen molar-refractivity contribution in [3.05, 3.63) is 59.7 Å². The molecule has 4 nitrogen and oxygen atoms in total. The van der Waals surface area contributed by atoms with Crippen LogP contribution in [0.5, 0.6) is 0 Å². The number of benzene rings is 2. The molecule has 0 bridgehead atoms. The molecule has 0 spiro atoms. The van der Waals surface area contributed by atoms with Crippen LogP contribution in [-0.4, -0.2) is 11.7 Å². The zero-order valence-corrected chi connectivity index (χ0v) is 12.0. The standard InChI is InChI=1S/C16H14N4S/c17-15(18)10-3-1-9(2-4-10)13-7-11-5-6-12(16(19)20)8-14(11)21-13/h1-8H,(H3,17,18)(H3,19,20). The maximum atomic E-state index is 7.50. The van der Waals surface area contributed by atoms with Crippen LogP contribution in [0, 0.1) is 10.8 Å². The summed E-state index contributed by atoms with van der Waals surface area (Å²) in [5, 5.41) is 16.0. The molecule has 0 saturated carbocycles. The van der Waals surface area contributed by atoms with Gasteiger partial charge in [-0.05, 0) is 23.1 Å². The average molecular weight is 294 g/mol. The van der Waals surface area contributed by atoms with Gasteiger partial charge in [-0.1, -0.05) is 36.4 Å². The van der Waals surface area contributed by atoms with E-state index in [1.807, 2.05) is 42.5 Å².